The molecule has 0 radical (unpaired) electrons. The van der Waals surface area contributed by atoms with Gasteiger partial charge in [-0.15, -0.1) is 0 Å². The number of carbonyl (C=O) groups is 1. The van der Waals surface area contributed by atoms with Crippen LogP contribution in [0, 0.1) is 6.92 Å². The first-order valence-corrected chi connectivity index (χ1v) is 8.74. The average molecular weight is 456 g/mol. The fraction of sp³-hybridized carbons (Fsp3) is 0.167. The Bertz CT molecular complexity index is 1050. The van der Waals surface area contributed by atoms with Gasteiger partial charge in [0.2, 0.25) is 0 Å². The van der Waals surface area contributed by atoms with Gasteiger partial charge in [-0.2, -0.15) is 0 Å². The third-order valence-electron chi connectivity index (χ3n) is 3.77. The second kappa shape index (κ2) is 6.26. The zero-order valence-corrected chi connectivity index (χ0v) is 16.0. The lowest BCUT2D eigenvalue weighted by Gasteiger charge is -2.07. The van der Waals surface area contributed by atoms with E-state index >= 15 is 0 Å². The van der Waals surface area contributed by atoms with Gasteiger partial charge in [0, 0.05) is 32.4 Å². The van der Waals surface area contributed by atoms with Crippen molar-refractivity contribution in [3.63, 3.8) is 0 Å². The number of phenolic OH excluding ortho intramolecular Hbond substituents is 2. The summed E-state index contributed by atoms with van der Waals surface area (Å²) in [7, 11) is 0. The summed E-state index contributed by atoms with van der Waals surface area (Å²) >= 11 is 6.83. The van der Waals surface area contributed by atoms with Crippen LogP contribution in [0.2, 0.25) is 0 Å². The van der Waals surface area contributed by atoms with E-state index in [1.54, 1.807) is 19.1 Å². The highest BCUT2D eigenvalue weighted by atomic mass is 79.9. The van der Waals surface area contributed by atoms with Gasteiger partial charge in [0.25, 0.3) is 0 Å². The Hall–Kier alpha value is -1.79. The highest BCUT2D eigenvalue weighted by molar-refractivity contribution is 9.11. The standard InChI is InChI=1S/C18H14Br2O4/c1-3-15-17(10-6-13(21)14(22)7-16(10)24-15)18(23)9-4-11(19)8(2)12(20)5-9/h4-7,21-22H,3H2,1-2H3/i6D,7D. The van der Waals surface area contributed by atoms with Gasteiger partial charge in [-0.25, -0.2) is 0 Å². The molecule has 0 spiro atoms. The maximum Gasteiger partial charge on any atom is 0.197 e. The van der Waals surface area contributed by atoms with Crippen molar-refractivity contribution in [2.75, 3.05) is 0 Å². The van der Waals surface area contributed by atoms with Crippen molar-refractivity contribution in [2.45, 2.75) is 20.3 Å². The number of fused-ring (bicyclic) bond motifs is 1. The van der Waals surface area contributed by atoms with Crippen molar-refractivity contribution >= 4 is 48.6 Å². The number of furan rings is 1. The number of halogens is 2. The van der Waals surface area contributed by atoms with Crippen LogP contribution in [0.3, 0.4) is 0 Å². The normalized spacial score (nSPS) is 12.3. The number of phenols is 2. The largest absolute Gasteiger partial charge is 0.504 e. The lowest BCUT2D eigenvalue weighted by atomic mass is 9.98. The first-order valence-electron chi connectivity index (χ1n) is 8.15. The summed E-state index contributed by atoms with van der Waals surface area (Å²) in [4.78, 5) is 13.2. The van der Waals surface area contributed by atoms with Crippen LogP contribution in [-0.2, 0) is 6.42 Å². The maximum absolute atomic E-state index is 13.2. The first kappa shape index (κ1) is 14.5. The van der Waals surface area contributed by atoms with Crippen LogP contribution in [0.4, 0.5) is 0 Å². The SMILES string of the molecule is [2H]c1c(O)c(O)c([2H])c2c(C(=O)c3cc(Br)c(C)c(Br)c3)c(CC)oc12. The predicted molar refractivity (Wildman–Crippen MR) is 98.9 cm³/mol. The zero-order valence-electron chi connectivity index (χ0n) is 14.8. The van der Waals surface area contributed by atoms with Crippen LogP contribution in [0.1, 0.15) is 36.9 Å². The van der Waals surface area contributed by atoms with Crippen molar-refractivity contribution in [3.8, 4) is 11.5 Å². The molecular weight excluding hydrogens is 440 g/mol. The Morgan fingerprint density at radius 1 is 1.21 bits per heavy atom. The van der Waals surface area contributed by atoms with Crippen molar-refractivity contribution < 1.29 is 22.2 Å². The molecule has 0 atom stereocenters. The van der Waals surface area contributed by atoms with E-state index < -0.39 is 23.6 Å². The number of carbonyl (C=O) groups excluding carboxylic acids is 1. The van der Waals surface area contributed by atoms with E-state index in [2.05, 4.69) is 31.9 Å². The van der Waals surface area contributed by atoms with Crippen LogP contribution in [0.25, 0.3) is 11.0 Å². The van der Waals surface area contributed by atoms with Gasteiger partial charge in [-0.05, 0) is 30.7 Å². The highest BCUT2D eigenvalue weighted by Crippen LogP contribution is 2.37. The van der Waals surface area contributed by atoms with Crippen LogP contribution >= 0.6 is 31.9 Å². The van der Waals surface area contributed by atoms with E-state index in [-0.39, 0.29) is 22.3 Å². The summed E-state index contributed by atoms with van der Waals surface area (Å²) in [6, 6.07) is 2.46. The molecule has 3 rings (SSSR count). The molecule has 0 aliphatic heterocycles. The summed E-state index contributed by atoms with van der Waals surface area (Å²) < 4.78 is 23.1. The predicted octanol–water partition coefficient (Wildman–Crippen LogP) is 5.47. The molecule has 0 aliphatic rings. The number of aromatic hydroxyl groups is 2. The van der Waals surface area contributed by atoms with Gasteiger partial charge in [0.1, 0.15) is 11.3 Å². The molecule has 2 N–H and O–H groups in total. The zero-order chi connectivity index (χ0) is 19.3. The third kappa shape index (κ3) is 2.74. The summed E-state index contributed by atoms with van der Waals surface area (Å²) in [6.45, 7) is 3.67. The second-order valence-electron chi connectivity index (χ2n) is 5.30. The molecule has 0 fully saturated rings. The second-order valence-corrected chi connectivity index (χ2v) is 7.01. The Kier molecular flexibility index (Phi) is 3.79. The average Bonchev–Trinajstić information content (AvgIpc) is 3.01. The summed E-state index contributed by atoms with van der Waals surface area (Å²) in [5.41, 5.74) is 1.34. The molecule has 0 saturated heterocycles. The lowest BCUT2D eigenvalue weighted by molar-refractivity contribution is 0.103. The van der Waals surface area contributed by atoms with Crippen molar-refractivity contribution in [1.82, 2.24) is 0 Å². The van der Waals surface area contributed by atoms with Gasteiger partial charge in [0.05, 0.1) is 8.30 Å². The van der Waals surface area contributed by atoms with E-state index in [0.717, 1.165) is 14.5 Å². The van der Waals surface area contributed by atoms with E-state index in [9.17, 15) is 15.0 Å². The van der Waals surface area contributed by atoms with Crippen LogP contribution < -0.4 is 0 Å². The summed E-state index contributed by atoms with van der Waals surface area (Å²) in [5.74, 6) is -1.57. The molecule has 2 aromatic carbocycles. The number of benzene rings is 2. The summed E-state index contributed by atoms with van der Waals surface area (Å²) in [6.07, 6.45) is 0.352. The van der Waals surface area contributed by atoms with Gasteiger partial charge in [-0.3, -0.25) is 4.79 Å². The fourth-order valence-corrected chi connectivity index (χ4v) is 3.63. The van der Waals surface area contributed by atoms with E-state index in [4.69, 9.17) is 7.16 Å². The molecule has 24 heavy (non-hydrogen) atoms. The molecule has 6 heteroatoms. The van der Waals surface area contributed by atoms with Crippen LogP contribution in [-0.4, -0.2) is 16.0 Å². The summed E-state index contributed by atoms with van der Waals surface area (Å²) in [5, 5.41) is 19.8. The van der Waals surface area contributed by atoms with E-state index in [1.807, 2.05) is 6.92 Å². The van der Waals surface area contributed by atoms with Gasteiger partial charge >= 0.3 is 0 Å². The van der Waals surface area contributed by atoms with Crippen LogP contribution in [0.5, 0.6) is 11.5 Å². The molecule has 3 aromatic rings. The number of hydrogen-bond donors (Lipinski definition) is 2. The maximum atomic E-state index is 13.2. The molecule has 1 heterocycles. The smallest absolute Gasteiger partial charge is 0.197 e. The van der Waals surface area contributed by atoms with Crippen LogP contribution in [0.15, 0.2) is 37.6 Å². The number of aryl methyl sites for hydroxylation is 1. The Labute approximate surface area is 158 Å². The monoisotopic (exact) mass is 454 g/mol. The molecule has 0 amide bonds. The Morgan fingerprint density at radius 2 is 1.79 bits per heavy atom. The van der Waals surface area contributed by atoms with Gasteiger partial charge < -0.3 is 14.6 Å². The molecule has 0 aliphatic carbocycles. The molecular formula is C18H14Br2O4. The minimum Gasteiger partial charge on any atom is -0.504 e. The molecule has 4 nitrogen and oxygen atoms in total. The highest BCUT2D eigenvalue weighted by Gasteiger charge is 2.23. The van der Waals surface area contributed by atoms with E-state index in [0.29, 0.717) is 17.7 Å². The van der Waals surface area contributed by atoms with E-state index in [1.165, 1.54) is 0 Å². The van der Waals surface area contributed by atoms with Crippen molar-refractivity contribution in [3.05, 3.63) is 55.6 Å². The van der Waals surface area contributed by atoms with Crippen molar-refractivity contribution in [1.29, 1.82) is 0 Å². The number of ketones is 1. The minimum atomic E-state index is -0.744. The molecule has 124 valence electrons. The molecule has 0 unspecified atom stereocenters. The Morgan fingerprint density at radius 3 is 2.38 bits per heavy atom. The fourth-order valence-electron chi connectivity index (χ4n) is 2.44. The topological polar surface area (TPSA) is 70.7 Å². The first-order chi connectivity index (χ1) is 12.2. The molecule has 0 saturated carbocycles. The van der Waals surface area contributed by atoms with Gasteiger partial charge in [-0.1, -0.05) is 38.8 Å². The molecule has 1 aromatic heterocycles. The number of hydrogen-bond acceptors (Lipinski definition) is 4. The quantitative estimate of drug-likeness (QED) is 0.405. The minimum absolute atomic E-state index is 0.0277. The Balaban J connectivity index is 2.36. The van der Waals surface area contributed by atoms with Crippen molar-refractivity contribution in [2.24, 2.45) is 0 Å². The third-order valence-corrected chi connectivity index (χ3v) is 5.42. The molecule has 0 bridgehead atoms. The lowest BCUT2D eigenvalue weighted by Crippen LogP contribution is -2.04. The van der Waals surface area contributed by atoms with Gasteiger partial charge in [0.15, 0.2) is 17.3 Å². The number of rotatable bonds is 3.